The number of anilines is 2. The first-order chi connectivity index (χ1) is 8.72. The van der Waals surface area contributed by atoms with Crippen molar-refractivity contribution in [3.05, 3.63) is 47.8 Å². The zero-order chi connectivity index (χ0) is 13.0. The monoisotopic (exact) mass is 239 g/mol. The molecule has 4 nitrogen and oxygen atoms in total. The topological polar surface area (TPSA) is 57.9 Å². The van der Waals surface area contributed by atoms with Crippen molar-refractivity contribution in [3.63, 3.8) is 0 Å². The van der Waals surface area contributed by atoms with E-state index in [2.05, 4.69) is 10.3 Å². The van der Waals surface area contributed by atoms with Crippen LogP contribution >= 0.6 is 0 Å². The van der Waals surface area contributed by atoms with Crippen molar-refractivity contribution in [2.24, 2.45) is 0 Å². The lowest BCUT2D eigenvalue weighted by Crippen LogP contribution is -1.94. The Bertz CT molecular complexity index is 585. The average molecular weight is 239 g/mol. The molecule has 2 aromatic rings. The van der Waals surface area contributed by atoms with Crippen molar-refractivity contribution in [3.8, 4) is 11.8 Å². The summed E-state index contributed by atoms with van der Waals surface area (Å²) in [6, 6.07) is 11.3. The molecule has 18 heavy (non-hydrogen) atoms. The highest BCUT2D eigenvalue weighted by Gasteiger charge is 2.01. The summed E-state index contributed by atoms with van der Waals surface area (Å²) in [5.41, 5.74) is 3.27. The van der Waals surface area contributed by atoms with E-state index in [0.717, 1.165) is 22.7 Å². The minimum absolute atomic E-state index is 0.409. The van der Waals surface area contributed by atoms with Gasteiger partial charge in [0.25, 0.3) is 0 Å². The van der Waals surface area contributed by atoms with E-state index in [9.17, 15) is 0 Å². The third-order valence-corrected chi connectivity index (χ3v) is 2.56. The third-order valence-electron chi connectivity index (χ3n) is 2.56. The summed E-state index contributed by atoms with van der Waals surface area (Å²) in [5, 5.41) is 11.9. The van der Waals surface area contributed by atoms with Crippen molar-refractivity contribution in [2.45, 2.75) is 6.92 Å². The van der Waals surface area contributed by atoms with Gasteiger partial charge in [0.2, 0.25) is 0 Å². The molecule has 0 bridgehead atoms. The molecule has 0 radical (unpaired) electrons. The number of hydrogen-bond acceptors (Lipinski definition) is 4. The van der Waals surface area contributed by atoms with E-state index in [-0.39, 0.29) is 0 Å². The Hall–Kier alpha value is -2.54. The number of methoxy groups -OCH3 is 1. The van der Waals surface area contributed by atoms with Crippen LogP contribution in [0.1, 0.15) is 11.3 Å². The van der Waals surface area contributed by atoms with Crippen LogP contribution < -0.4 is 10.1 Å². The Labute approximate surface area is 106 Å². The van der Waals surface area contributed by atoms with Gasteiger partial charge in [-0.1, -0.05) is 0 Å². The first-order valence-electron chi connectivity index (χ1n) is 5.51. The first-order valence-corrected chi connectivity index (χ1v) is 5.51. The van der Waals surface area contributed by atoms with Gasteiger partial charge in [-0.3, -0.25) is 0 Å². The molecule has 1 aromatic carbocycles. The van der Waals surface area contributed by atoms with Gasteiger partial charge in [-0.05, 0) is 42.8 Å². The normalized spacial score (nSPS) is 9.61. The molecule has 4 heteroatoms. The number of benzene rings is 1. The molecular weight excluding hydrogens is 226 g/mol. The Morgan fingerprint density at radius 2 is 2.00 bits per heavy atom. The zero-order valence-corrected chi connectivity index (χ0v) is 10.3. The number of pyridine rings is 1. The number of aromatic nitrogens is 1. The third kappa shape index (κ3) is 2.58. The second-order valence-corrected chi connectivity index (χ2v) is 3.85. The number of nitrogens with one attached hydrogen (secondary N) is 1. The molecule has 90 valence electrons. The molecule has 0 fully saturated rings. The number of aryl methyl sites for hydroxylation is 1. The van der Waals surface area contributed by atoms with E-state index in [4.69, 9.17) is 10.00 Å². The lowest BCUT2D eigenvalue weighted by atomic mass is 10.2. The maximum absolute atomic E-state index is 8.67. The Morgan fingerprint density at radius 3 is 2.56 bits per heavy atom. The predicted molar refractivity (Wildman–Crippen MR) is 70.0 cm³/mol. The van der Waals surface area contributed by atoms with Gasteiger partial charge in [0.1, 0.15) is 17.5 Å². The molecule has 0 unspecified atom stereocenters. The molecule has 0 saturated heterocycles. The van der Waals surface area contributed by atoms with Crippen LogP contribution in [0, 0.1) is 18.3 Å². The lowest BCUT2D eigenvalue weighted by Gasteiger charge is -2.09. The smallest absolute Gasteiger partial charge is 0.140 e. The number of rotatable bonds is 3. The summed E-state index contributed by atoms with van der Waals surface area (Å²) in [6.45, 7) is 1.99. The summed E-state index contributed by atoms with van der Waals surface area (Å²) in [7, 11) is 1.65. The summed E-state index contributed by atoms with van der Waals surface area (Å²) >= 11 is 0. The predicted octanol–water partition coefficient (Wildman–Crippen LogP) is 3.01. The molecular formula is C14H13N3O. The van der Waals surface area contributed by atoms with Crippen molar-refractivity contribution in [1.29, 1.82) is 5.26 Å². The number of ether oxygens (including phenoxy) is 1. The molecule has 0 spiro atoms. The van der Waals surface area contributed by atoms with Crippen molar-refractivity contribution in [2.75, 3.05) is 12.4 Å². The largest absolute Gasteiger partial charge is 0.496 e. The van der Waals surface area contributed by atoms with Crippen LogP contribution in [-0.2, 0) is 0 Å². The van der Waals surface area contributed by atoms with Crippen LogP contribution in [0.2, 0.25) is 0 Å². The van der Waals surface area contributed by atoms with Gasteiger partial charge in [0.15, 0.2) is 0 Å². The summed E-state index contributed by atoms with van der Waals surface area (Å²) in [4.78, 5) is 4.00. The van der Waals surface area contributed by atoms with Crippen molar-refractivity contribution < 1.29 is 4.74 Å². The minimum Gasteiger partial charge on any atom is -0.496 e. The van der Waals surface area contributed by atoms with Crippen molar-refractivity contribution >= 4 is 11.4 Å². The van der Waals surface area contributed by atoms with E-state index in [1.807, 2.05) is 37.3 Å². The fraction of sp³-hybridized carbons (Fsp3) is 0.143. The second kappa shape index (κ2) is 5.19. The standard InChI is InChI=1S/C14H13N3O/c1-10-7-11(5-6-14(10)18-2)17-13-4-3-12(8-15)16-9-13/h3-7,9,17H,1-2H3. The second-order valence-electron chi connectivity index (χ2n) is 3.85. The molecule has 0 aliphatic rings. The van der Waals surface area contributed by atoms with Gasteiger partial charge in [0.05, 0.1) is 19.0 Å². The Morgan fingerprint density at radius 1 is 1.22 bits per heavy atom. The number of hydrogen-bond donors (Lipinski definition) is 1. The minimum atomic E-state index is 0.409. The number of nitrogens with zero attached hydrogens (tertiary/aromatic N) is 2. The Kier molecular flexibility index (Phi) is 3.44. The maximum atomic E-state index is 8.67. The first kappa shape index (κ1) is 11.9. The van der Waals surface area contributed by atoms with E-state index < -0.39 is 0 Å². The molecule has 2 rings (SSSR count). The highest BCUT2D eigenvalue weighted by Crippen LogP contribution is 2.23. The van der Waals surface area contributed by atoms with E-state index in [0.29, 0.717) is 5.69 Å². The number of nitriles is 1. The van der Waals surface area contributed by atoms with Crippen LogP contribution in [0.15, 0.2) is 36.5 Å². The molecule has 0 saturated carbocycles. The lowest BCUT2D eigenvalue weighted by molar-refractivity contribution is 0.412. The van der Waals surface area contributed by atoms with E-state index in [1.54, 1.807) is 19.4 Å². The van der Waals surface area contributed by atoms with Gasteiger partial charge in [-0.15, -0.1) is 0 Å². The molecule has 1 N–H and O–H groups in total. The highest BCUT2D eigenvalue weighted by molar-refractivity contribution is 5.61. The van der Waals surface area contributed by atoms with Crippen LogP contribution in [0.3, 0.4) is 0 Å². The Balaban J connectivity index is 2.18. The molecule has 0 atom stereocenters. The molecule has 0 aliphatic carbocycles. The SMILES string of the molecule is COc1ccc(Nc2ccc(C#N)nc2)cc1C. The molecule has 0 amide bonds. The highest BCUT2D eigenvalue weighted by atomic mass is 16.5. The fourth-order valence-electron chi connectivity index (χ4n) is 1.66. The summed E-state index contributed by atoms with van der Waals surface area (Å²) in [6.07, 6.45) is 1.64. The molecule has 1 aromatic heterocycles. The van der Waals surface area contributed by atoms with Crippen LogP contribution in [-0.4, -0.2) is 12.1 Å². The van der Waals surface area contributed by atoms with Gasteiger partial charge >= 0.3 is 0 Å². The molecule has 1 heterocycles. The maximum Gasteiger partial charge on any atom is 0.140 e. The quantitative estimate of drug-likeness (QED) is 0.894. The zero-order valence-electron chi connectivity index (χ0n) is 10.3. The van der Waals surface area contributed by atoms with Gasteiger partial charge in [0, 0.05) is 5.69 Å². The van der Waals surface area contributed by atoms with Crippen molar-refractivity contribution in [1.82, 2.24) is 4.98 Å². The fourth-order valence-corrected chi connectivity index (χ4v) is 1.66. The van der Waals surface area contributed by atoms with E-state index in [1.165, 1.54) is 0 Å². The summed E-state index contributed by atoms with van der Waals surface area (Å²) in [5.74, 6) is 0.860. The van der Waals surface area contributed by atoms with Crippen LogP contribution in [0.5, 0.6) is 5.75 Å². The molecule has 0 aliphatic heterocycles. The van der Waals surface area contributed by atoms with Gasteiger partial charge < -0.3 is 10.1 Å². The average Bonchev–Trinajstić information content (AvgIpc) is 2.40. The van der Waals surface area contributed by atoms with Gasteiger partial charge in [-0.2, -0.15) is 5.26 Å². The van der Waals surface area contributed by atoms with Crippen LogP contribution in [0.4, 0.5) is 11.4 Å². The summed E-state index contributed by atoms with van der Waals surface area (Å²) < 4.78 is 5.20. The van der Waals surface area contributed by atoms with Crippen LogP contribution in [0.25, 0.3) is 0 Å². The van der Waals surface area contributed by atoms with Gasteiger partial charge in [-0.25, -0.2) is 4.98 Å². The van der Waals surface area contributed by atoms with E-state index >= 15 is 0 Å².